The minimum atomic E-state index is -1.86. The lowest BCUT2D eigenvalue weighted by Gasteiger charge is -2.34. The van der Waals surface area contributed by atoms with Gasteiger partial charge in [0.15, 0.2) is 17.4 Å². The van der Waals surface area contributed by atoms with E-state index in [1.54, 1.807) is 0 Å². The average Bonchev–Trinajstić information content (AvgIpc) is 3.18. The molecule has 1 aromatic rings. The third kappa shape index (κ3) is 3.17. The second-order valence-electron chi connectivity index (χ2n) is 6.16. The van der Waals surface area contributed by atoms with Gasteiger partial charge in [0.1, 0.15) is 6.10 Å². The molecule has 0 bridgehead atoms. The van der Waals surface area contributed by atoms with Crippen LogP contribution in [0.15, 0.2) is 23.1 Å². The van der Waals surface area contributed by atoms with Crippen LogP contribution in [0.1, 0.15) is 0 Å². The number of thioether (sulfide) groups is 1. The van der Waals surface area contributed by atoms with Crippen molar-refractivity contribution in [3.8, 4) is 0 Å². The lowest BCUT2D eigenvalue weighted by Crippen LogP contribution is -2.55. The Labute approximate surface area is 149 Å². The van der Waals surface area contributed by atoms with E-state index in [1.807, 2.05) is 0 Å². The van der Waals surface area contributed by atoms with E-state index in [1.165, 1.54) is 6.07 Å². The summed E-state index contributed by atoms with van der Waals surface area (Å²) in [6, 6.07) is 3.24. The minimum absolute atomic E-state index is 0.0445. The summed E-state index contributed by atoms with van der Waals surface area (Å²) in [5.41, 5.74) is 4.22. The number of aliphatic hydroxyl groups excluding tert-OH is 1. The largest absolute Gasteiger partial charge is 0.507 e. The zero-order valence-electron chi connectivity index (χ0n) is 13.0. The quantitative estimate of drug-likeness (QED) is 0.335. The van der Waals surface area contributed by atoms with E-state index < -0.39 is 59.6 Å². The molecule has 0 heterocycles. The summed E-state index contributed by atoms with van der Waals surface area (Å²) in [6.07, 6.45) is -5.38. The van der Waals surface area contributed by atoms with E-state index in [0.717, 1.165) is 23.9 Å². The molecule has 0 unspecified atom stereocenters. The molecular weight excluding hydrogens is 376 g/mol. The predicted octanol–water partition coefficient (Wildman–Crippen LogP) is 1.71. The van der Waals surface area contributed by atoms with Crippen molar-refractivity contribution in [3.63, 3.8) is 0 Å². The molecule has 0 spiro atoms. The molecule has 2 saturated carbocycles. The van der Waals surface area contributed by atoms with Gasteiger partial charge in [-0.15, -0.1) is 11.8 Å². The van der Waals surface area contributed by atoms with Crippen molar-refractivity contribution in [1.82, 2.24) is 0 Å². The summed E-state index contributed by atoms with van der Waals surface area (Å²) in [6.45, 7) is 0. The van der Waals surface area contributed by atoms with E-state index >= 15 is 0 Å². The van der Waals surface area contributed by atoms with Gasteiger partial charge in [-0.3, -0.25) is 5.73 Å². The first-order valence-corrected chi connectivity index (χ1v) is 8.50. The number of nitrogens with two attached hydrogens (primary N) is 1. The molecule has 0 aliphatic heterocycles. The fourth-order valence-electron chi connectivity index (χ4n) is 3.60. The number of hydrogen-bond acceptors (Lipinski definition) is 7. The number of aliphatic hydroxyl groups is 1. The Morgan fingerprint density at radius 3 is 2.50 bits per heavy atom. The Balaban J connectivity index is 1.76. The zero-order chi connectivity index (χ0) is 19.2. The van der Waals surface area contributed by atoms with E-state index in [2.05, 4.69) is 4.74 Å². The van der Waals surface area contributed by atoms with E-state index in [4.69, 9.17) is 20.7 Å². The SMILES string of the molecule is N[C@@]1(OC(=O)O)[C@@H]2[C@H](OC(=O)O)[C@H]2[C@H](O)[C@@H]1CSc1ccc(F)c(F)c1. The van der Waals surface area contributed by atoms with Gasteiger partial charge in [0.05, 0.1) is 12.0 Å². The number of halogens is 2. The number of rotatable bonds is 5. The van der Waals surface area contributed by atoms with Gasteiger partial charge in [-0.1, -0.05) is 0 Å². The number of carbonyl (C=O) groups is 2. The highest BCUT2D eigenvalue weighted by molar-refractivity contribution is 7.99. The molecule has 11 heteroatoms. The van der Waals surface area contributed by atoms with Gasteiger partial charge < -0.3 is 24.8 Å². The highest BCUT2D eigenvalue weighted by Gasteiger charge is 2.77. The van der Waals surface area contributed by atoms with Crippen LogP contribution in [-0.4, -0.2) is 51.3 Å². The van der Waals surface area contributed by atoms with E-state index in [-0.39, 0.29) is 5.75 Å². The number of ether oxygens (including phenoxy) is 2. The van der Waals surface area contributed by atoms with Gasteiger partial charge in [-0.2, -0.15) is 0 Å². The standard InChI is InChI=1S/C15H15F2NO7S/c16-7-2-1-5(3-8(7)17)26-4-6-11(19)9-10(12(9)24-13(20)21)15(6,18)25-14(22)23/h1-3,6,9-12,19H,4,18H2,(H,20,21)(H,22,23)/t6-,9+,10-,11+,12+,15-/m0/s1. The first-order valence-electron chi connectivity index (χ1n) is 7.51. The lowest BCUT2D eigenvalue weighted by atomic mass is 9.94. The van der Waals surface area contributed by atoms with Crippen molar-refractivity contribution in [1.29, 1.82) is 0 Å². The lowest BCUT2D eigenvalue weighted by molar-refractivity contribution is -0.0847. The number of benzene rings is 1. The minimum Gasteiger partial charge on any atom is -0.450 e. The molecule has 26 heavy (non-hydrogen) atoms. The molecule has 2 aliphatic carbocycles. The summed E-state index contributed by atoms with van der Waals surface area (Å²) in [5.74, 6) is -4.40. The Morgan fingerprint density at radius 1 is 1.23 bits per heavy atom. The highest BCUT2D eigenvalue weighted by Crippen LogP contribution is 2.61. The number of hydrogen-bond donors (Lipinski definition) is 4. The summed E-state index contributed by atoms with van der Waals surface area (Å²) < 4.78 is 35.7. The molecule has 0 radical (unpaired) electrons. The summed E-state index contributed by atoms with van der Waals surface area (Å²) in [4.78, 5) is 22.1. The molecule has 142 valence electrons. The number of carboxylic acid groups (broad SMARTS) is 2. The summed E-state index contributed by atoms with van der Waals surface area (Å²) >= 11 is 1.03. The van der Waals surface area contributed by atoms with Gasteiger partial charge >= 0.3 is 12.3 Å². The van der Waals surface area contributed by atoms with Crippen LogP contribution < -0.4 is 5.73 Å². The number of fused-ring (bicyclic) bond motifs is 1. The van der Waals surface area contributed by atoms with Crippen LogP contribution in [0.5, 0.6) is 0 Å². The third-order valence-electron chi connectivity index (χ3n) is 4.74. The predicted molar refractivity (Wildman–Crippen MR) is 82.5 cm³/mol. The Hall–Kier alpha value is -2.11. The van der Waals surface area contributed by atoms with Crippen molar-refractivity contribution in [2.45, 2.75) is 22.8 Å². The monoisotopic (exact) mass is 391 g/mol. The van der Waals surface area contributed by atoms with Gasteiger partial charge in [0.25, 0.3) is 0 Å². The maximum Gasteiger partial charge on any atom is 0.507 e. The fraction of sp³-hybridized carbons (Fsp3) is 0.467. The Morgan fingerprint density at radius 2 is 1.92 bits per heavy atom. The normalized spacial score (nSPS) is 34.8. The highest BCUT2D eigenvalue weighted by atomic mass is 32.2. The van der Waals surface area contributed by atoms with Gasteiger partial charge in [0.2, 0.25) is 0 Å². The second kappa shape index (κ2) is 6.56. The molecule has 2 fully saturated rings. The van der Waals surface area contributed by atoms with Crippen LogP contribution in [0.25, 0.3) is 0 Å². The molecule has 8 nitrogen and oxygen atoms in total. The summed E-state index contributed by atoms with van der Waals surface area (Å²) in [7, 11) is 0. The van der Waals surface area contributed by atoms with Crippen molar-refractivity contribution >= 4 is 24.1 Å². The Kier molecular flexibility index (Phi) is 4.71. The molecule has 3 rings (SSSR count). The Bertz CT molecular complexity index is 751. The van der Waals surface area contributed by atoms with E-state index in [9.17, 15) is 23.5 Å². The van der Waals surface area contributed by atoms with Crippen molar-refractivity contribution in [2.75, 3.05) is 5.75 Å². The molecule has 0 amide bonds. The maximum absolute atomic E-state index is 13.3. The smallest absolute Gasteiger partial charge is 0.450 e. The van der Waals surface area contributed by atoms with Gasteiger partial charge in [-0.25, -0.2) is 18.4 Å². The van der Waals surface area contributed by atoms with Crippen molar-refractivity contribution < 1.29 is 43.2 Å². The first-order chi connectivity index (χ1) is 12.1. The van der Waals surface area contributed by atoms with Crippen molar-refractivity contribution in [3.05, 3.63) is 29.8 Å². The molecule has 2 aliphatic rings. The zero-order valence-corrected chi connectivity index (χ0v) is 13.9. The molecule has 6 atom stereocenters. The van der Waals surface area contributed by atoms with Gasteiger partial charge in [0, 0.05) is 22.5 Å². The van der Waals surface area contributed by atoms with Crippen LogP contribution in [-0.2, 0) is 9.47 Å². The second-order valence-corrected chi connectivity index (χ2v) is 7.25. The third-order valence-corrected chi connectivity index (χ3v) is 5.85. The summed E-state index contributed by atoms with van der Waals surface area (Å²) in [5, 5.41) is 28.1. The van der Waals surface area contributed by atoms with E-state index in [0.29, 0.717) is 4.90 Å². The van der Waals surface area contributed by atoms with Crippen molar-refractivity contribution in [2.24, 2.45) is 23.5 Å². The molecule has 5 N–H and O–H groups in total. The fourth-order valence-corrected chi connectivity index (χ4v) is 4.78. The van der Waals surface area contributed by atoms with Crippen LogP contribution >= 0.6 is 11.8 Å². The van der Waals surface area contributed by atoms with Crippen LogP contribution in [0.3, 0.4) is 0 Å². The molecule has 1 aromatic carbocycles. The topological polar surface area (TPSA) is 139 Å². The maximum atomic E-state index is 13.3. The first kappa shape index (κ1) is 18.7. The average molecular weight is 391 g/mol. The molecule has 0 aromatic heterocycles. The van der Waals surface area contributed by atoms with Crippen LogP contribution in [0, 0.1) is 29.4 Å². The molecule has 0 saturated heterocycles. The van der Waals surface area contributed by atoms with Crippen LogP contribution in [0.4, 0.5) is 18.4 Å². The van der Waals surface area contributed by atoms with Gasteiger partial charge in [-0.05, 0) is 18.2 Å². The van der Waals surface area contributed by atoms with Crippen LogP contribution in [0.2, 0.25) is 0 Å². The molecular formula is C15H15F2NO7S.